The van der Waals surface area contributed by atoms with E-state index in [0.29, 0.717) is 11.4 Å². The largest absolute Gasteiger partial charge is 0.416 e. The van der Waals surface area contributed by atoms with Gasteiger partial charge in [-0.25, -0.2) is 4.68 Å². The van der Waals surface area contributed by atoms with Crippen LogP contribution in [0.2, 0.25) is 0 Å². The third-order valence-electron chi connectivity index (χ3n) is 2.69. The smallest absolute Gasteiger partial charge is 0.383 e. The fraction of sp³-hybridized carbons (Fsp3) is 0.273. The predicted molar refractivity (Wildman–Crippen MR) is 59.7 cm³/mol. The van der Waals surface area contributed by atoms with Gasteiger partial charge in [0.15, 0.2) is 0 Å². The molecule has 0 aliphatic rings. The molecule has 7 heteroatoms. The van der Waals surface area contributed by atoms with Crippen molar-refractivity contribution < 1.29 is 13.2 Å². The molecule has 0 unspecified atom stereocenters. The lowest BCUT2D eigenvalue weighted by molar-refractivity contribution is -0.137. The highest BCUT2D eigenvalue weighted by molar-refractivity contribution is 5.30. The molecule has 0 fully saturated rings. The Labute approximate surface area is 101 Å². The lowest BCUT2D eigenvalue weighted by atomic mass is 10.1. The van der Waals surface area contributed by atoms with Gasteiger partial charge in [0.05, 0.1) is 17.8 Å². The molecule has 4 nitrogen and oxygen atoms in total. The molecule has 1 aromatic carbocycles. The third kappa shape index (κ3) is 2.29. The summed E-state index contributed by atoms with van der Waals surface area (Å²) < 4.78 is 38.7. The van der Waals surface area contributed by atoms with Crippen LogP contribution in [0, 0.1) is 0 Å². The Hall–Kier alpha value is -2.05. The number of aromatic nitrogens is 3. The summed E-state index contributed by atoms with van der Waals surface area (Å²) in [5.41, 5.74) is 5.64. The number of rotatable bonds is 2. The fourth-order valence-corrected chi connectivity index (χ4v) is 1.64. The molecule has 2 rings (SSSR count). The maximum Gasteiger partial charge on any atom is 0.416 e. The summed E-state index contributed by atoms with van der Waals surface area (Å²) in [5.74, 6) is 0.363. The SMILES string of the molecule is C[C@@H](c1ccc(C(F)(F)F)cc1)n1nncc1N. The molecule has 0 spiro atoms. The first kappa shape index (κ1) is 12.4. The Morgan fingerprint density at radius 1 is 1.22 bits per heavy atom. The van der Waals surface area contributed by atoms with Crippen LogP contribution >= 0.6 is 0 Å². The standard InChI is InChI=1S/C11H11F3N4/c1-7(18-10(15)6-16-17-18)8-2-4-9(5-3-8)11(12,13)14/h2-7H,15H2,1H3/t7-/m0/s1. The molecule has 1 heterocycles. The van der Waals surface area contributed by atoms with E-state index in [1.165, 1.54) is 23.0 Å². The summed E-state index contributed by atoms with van der Waals surface area (Å²) in [6.45, 7) is 1.79. The van der Waals surface area contributed by atoms with Gasteiger partial charge in [-0.15, -0.1) is 5.10 Å². The third-order valence-corrected chi connectivity index (χ3v) is 2.69. The Kier molecular flexibility index (Phi) is 2.98. The van der Waals surface area contributed by atoms with Crippen LogP contribution in [0.5, 0.6) is 0 Å². The normalized spacial score (nSPS) is 13.6. The van der Waals surface area contributed by atoms with Crippen LogP contribution < -0.4 is 5.73 Å². The molecule has 2 aromatic rings. The van der Waals surface area contributed by atoms with Crippen LogP contribution in [-0.2, 0) is 6.18 Å². The molecule has 1 atom stereocenters. The van der Waals surface area contributed by atoms with E-state index >= 15 is 0 Å². The summed E-state index contributed by atoms with van der Waals surface area (Å²) in [5, 5.41) is 7.42. The number of hydrogen-bond donors (Lipinski definition) is 1. The van der Waals surface area contributed by atoms with E-state index < -0.39 is 11.7 Å². The van der Waals surface area contributed by atoms with Crippen molar-refractivity contribution in [2.24, 2.45) is 0 Å². The molecule has 0 aliphatic heterocycles. The number of nitrogen functional groups attached to an aromatic ring is 1. The number of nitrogens with two attached hydrogens (primary N) is 1. The topological polar surface area (TPSA) is 56.7 Å². The molecule has 0 amide bonds. The number of nitrogens with zero attached hydrogens (tertiary/aromatic N) is 3. The summed E-state index contributed by atoms with van der Waals surface area (Å²) in [6, 6.07) is 4.64. The first-order valence-electron chi connectivity index (χ1n) is 5.22. The zero-order valence-electron chi connectivity index (χ0n) is 9.52. The molecule has 0 bridgehead atoms. The summed E-state index contributed by atoms with van der Waals surface area (Å²) in [7, 11) is 0. The van der Waals surface area contributed by atoms with Crippen LogP contribution in [0.4, 0.5) is 19.0 Å². The van der Waals surface area contributed by atoms with E-state index in [4.69, 9.17) is 5.73 Å². The van der Waals surface area contributed by atoms with Gasteiger partial charge >= 0.3 is 6.18 Å². The quantitative estimate of drug-likeness (QED) is 0.898. The van der Waals surface area contributed by atoms with E-state index in [1.807, 2.05) is 0 Å². The Bertz CT molecular complexity index is 530. The molecular weight excluding hydrogens is 245 g/mol. The number of benzene rings is 1. The second-order valence-corrected chi connectivity index (χ2v) is 3.90. The van der Waals surface area contributed by atoms with Crippen molar-refractivity contribution in [1.82, 2.24) is 15.0 Å². The van der Waals surface area contributed by atoms with Crippen molar-refractivity contribution in [3.8, 4) is 0 Å². The van der Waals surface area contributed by atoms with Gasteiger partial charge in [-0.3, -0.25) is 0 Å². The highest BCUT2D eigenvalue weighted by Crippen LogP contribution is 2.30. The Morgan fingerprint density at radius 2 is 1.83 bits per heavy atom. The maximum absolute atomic E-state index is 12.4. The first-order valence-corrected chi connectivity index (χ1v) is 5.22. The van der Waals surface area contributed by atoms with Crippen molar-refractivity contribution in [3.63, 3.8) is 0 Å². The van der Waals surface area contributed by atoms with Crippen LogP contribution in [0.25, 0.3) is 0 Å². The number of halogens is 3. The van der Waals surface area contributed by atoms with Crippen molar-refractivity contribution in [2.45, 2.75) is 19.1 Å². The second kappa shape index (κ2) is 4.32. The van der Waals surface area contributed by atoms with Gasteiger partial charge in [-0.1, -0.05) is 17.3 Å². The van der Waals surface area contributed by atoms with Crippen LogP contribution in [0.15, 0.2) is 30.5 Å². The molecule has 0 radical (unpaired) electrons. The minimum atomic E-state index is -4.33. The van der Waals surface area contributed by atoms with E-state index in [1.54, 1.807) is 6.92 Å². The monoisotopic (exact) mass is 256 g/mol. The molecule has 0 aliphatic carbocycles. The van der Waals surface area contributed by atoms with Gasteiger partial charge in [0.1, 0.15) is 5.82 Å². The minimum Gasteiger partial charge on any atom is -0.383 e. The van der Waals surface area contributed by atoms with Crippen LogP contribution in [-0.4, -0.2) is 15.0 Å². The second-order valence-electron chi connectivity index (χ2n) is 3.90. The highest BCUT2D eigenvalue weighted by Gasteiger charge is 2.30. The number of hydrogen-bond acceptors (Lipinski definition) is 3. The Balaban J connectivity index is 2.28. The summed E-state index contributed by atoms with van der Waals surface area (Å²) in [4.78, 5) is 0. The number of alkyl halides is 3. The predicted octanol–water partition coefficient (Wildman–Crippen LogP) is 2.49. The lowest BCUT2D eigenvalue weighted by Gasteiger charge is -2.14. The minimum absolute atomic E-state index is 0.269. The van der Waals surface area contributed by atoms with Gasteiger partial charge in [-0.2, -0.15) is 13.2 Å². The first-order chi connectivity index (χ1) is 8.39. The van der Waals surface area contributed by atoms with Crippen molar-refractivity contribution in [2.75, 3.05) is 5.73 Å². The molecule has 18 heavy (non-hydrogen) atoms. The summed E-state index contributed by atoms with van der Waals surface area (Å²) in [6.07, 6.45) is -2.94. The van der Waals surface area contributed by atoms with Gasteiger partial charge in [0.25, 0.3) is 0 Å². The van der Waals surface area contributed by atoms with Crippen molar-refractivity contribution >= 4 is 5.82 Å². The zero-order chi connectivity index (χ0) is 13.3. The highest BCUT2D eigenvalue weighted by atomic mass is 19.4. The fourth-order valence-electron chi connectivity index (χ4n) is 1.64. The van der Waals surface area contributed by atoms with Crippen molar-refractivity contribution in [1.29, 1.82) is 0 Å². The van der Waals surface area contributed by atoms with E-state index in [-0.39, 0.29) is 6.04 Å². The maximum atomic E-state index is 12.4. The zero-order valence-corrected chi connectivity index (χ0v) is 9.52. The van der Waals surface area contributed by atoms with Crippen molar-refractivity contribution in [3.05, 3.63) is 41.6 Å². The van der Waals surface area contributed by atoms with E-state index in [0.717, 1.165) is 12.1 Å². The van der Waals surface area contributed by atoms with Gasteiger partial charge in [0.2, 0.25) is 0 Å². The average Bonchev–Trinajstić information content (AvgIpc) is 2.73. The van der Waals surface area contributed by atoms with Gasteiger partial charge in [0, 0.05) is 0 Å². The lowest BCUT2D eigenvalue weighted by Crippen LogP contribution is -2.12. The molecule has 96 valence electrons. The number of anilines is 1. The van der Waals surface area contributed by atoms with E-state index in [9.17, 15) is 13.2 Å². The molecular formula is C11H11F3N4. The molecule has 2 N–H and O–H groups in total. The Morgan fingerprint density at radius 3 is 2.28 bits per heavy atom. The molecule has 0 saturated heterocycles. The summed E-state index contributed by atoms with van der Waals surface area (Å²) >= 11 is 0. The average molecular weight is 256 g/mol. The van der Waals surface area contributed by atoms with Crippen LogP contribution in [0.3, 0.4) is 0 Å². The van der Waals surface area contributed by atoms with Gasteiger partial charge < -0.3 is 5.73 Å². The van der Waals surface area contributed by atoms with E-state index in [2.05, 4.69) is 10.3 Å². The molecule has 0 saturated carbocycles. The van der Waals surface area contributed by atoms with Crippen LogP contribution in [0.1, 0.15) is 24.1 Å². The van der Waals surface area contributed by atoms with Gasteiger partial charge in [-0.05, 0) is 24.6 Å². The molecule has 1 aromatic heterocycles.